The third-order valence-electron chi connectivity index (χ3n) is 8.73. The summed E-state index contributed by atoms with van der Waals surface area (Å²) in [7, 11) is 0. The van der Waals surface area contributed by atoms with E-state index in [0.29, 0.717) is 12.0 Å². The predicted molar refractivity (Wildman–Crippen MR) is 112 cm³/mol. The van der Waals surface area contributed by atoms with E-state index in [1.807, 2.05) is 0 Å². The topological polar surface area (TPSA) is 44.7 Å². The third kappa shape index (κ3) is 2.79. The Morgan fingerprint density at radius 2 is 1.93 bits per heavy atom. The summed E-state index contributed by atoms with van der Waals surface area (Å²) in [4.78, 5) is 13.2. The molecule has 4 nitrogen and oxygen atoms in total. The number of fused-ring (bicyclic) bond motifs is 2. The Morgan fingerprint density at radius 3 is 2.54 bits per heavy atom. The molecule has 150 valence electrons. The number of hydrazone groups is 1. The molecule has 4 atom stereocenters. The maximum atomic E-state index is 13.2. The number of hydrogen-bond donors (Lipinski definition) is 1. The zero-order chi connectivity index (χ0) is 19.5. The van der Waals surface area contributed by atoms with Gasteiger partial charge < -0.3 is 5.32 Å². The molecule has 4 aliphatic rings. The largest absolute Gasteiger partial charge is 0.338 e. The van der Waals surface area contributed by atoms with Crippen molar-refractivity contribution in [2.45, 2.75) is 71.3 Å². The van der Waals surface area contributed by atoms with E-state index in [1.165, 1.54) is 37.0 Å². The molecular weight excluding hydrogens is 346 g/mol. The smallest absolute Gasteiger partial charge is 0.333 e. The average molecular weight is 380 g/mol. The second-order valence-corrected chi connectivity index (χ2v) is 10.4. The number of rotatable bonds is 4. The van der Waals surface area contributed by atoms with Gasteiger partial charge >= 0.3 is 6.03 Å². The lowest BCUT2D eigenvalue weighted by Gasteiger charge is -2.39. The van der Waals surface area contributed by atoms with Gasteiger partial charge in [0.05, 0.1) is 6.54 Å². The van der Waals surface area contributed by atoms with Gasteiger partial charge in [0.2, 0.25) is 0 Å². The second-order valence-electron chi connectivity index (χ2n) is 10.4. The first-order valence-electron chi connectivity index (χ1n) is 11.1. The highest BCUT2D eigenvalue weighted by atomic mass is 16.2. The number of carbonyl (C=O) groups excluding carboxylic acids is 1. The highest BCUT2D eigenvalue weighted by molar-refractivity contribution is 5.95. The fourth-order valence-corrected chi connectivity index (χ4v) is 6.10. The van der Waals surface area contributed by atoms with Crippen LogP contribution in [0, 0.1) is 22.7 Å². The minimum Gasteiger partial charge on any atom is -0.333 e. The van der Waals surface area contributed by atoms with Crippen LogP contribution in [0.25, 0.3) is 0 Å². The molecular formula is C24H33N3O. The van der Waals surface area contributed by atoms with Crippen LogP contribution >= 0.6 is 0 Å². The molecule has 0 saturated heterocycles. The van der Waals surface area contributed by atoms with Crippen molar-refractivity contribution in [2.75, 3.05) is 6.54 Å². The van der Waals surface area contributed by atoms with E-state index >= 15 is 0 Å². The van der Waals surface area contributed by atoms with Crippen molar-refractivity contribution in [3.63, 3.8) is 0 Å². The summed E-state index contributed by atoms with van der Waals surface area (Å²) in [6.07, 6.45) is 7.30. The highest BCUT2D eigenvalue weighted by Gasteiger charge is 2.61. The number of amides is 2. The molecule has 3 fully saturated rings. The first-order valence-corrected chi connectivity index (χ1v) is 11.1. The monoisotopic (exact) mass is 379 g/mol. The van der Waals surface area contributed by atoms with Gasteiger partial charge in [-0.1, -0.05) is 51.1 Å². The molecule has 4 heteroatoms. The number of hydrogen-bond acceptors (Lipinski definition) is 2. The van der Waals surface area contributed by atoms with E-state index in [2.05, 4.69) is 56.4 Å². The van der Waals surface area contributed by atoms with Gasteiger partial charge in [-0.05, 0) is 66.8 Å². The molecule has 2 amide bonds. The van der Waals surface area contributed by atoms with E-state index in [1.54, 1.807) is 5.01 Å². The van der Waals surface area contributed by atoms with Crippen molar-refractivity contribution < 1.29 is 4.79 Å². The van der Waals surface area contributed by atoms with Gasteiger partial charge in [-0.3, -0.25) is 0 Å². The van der Waals surface area contributed by atoms with Gasteiger partial charge in [0.15, 0.2) is 0 Å². The number of urea groups is 1. The van der Waals surface area contributed by atoms with Crippen molar-refractivity contribution in [1.82, 2.24) is 10.3 Å². The fourth-order valence-electron chi connectivity index (χ4n) is 6.10. The van der Waals surface area contributed by atoms with Crippen molar-refractivity contribution >= 4 is 11.7 Å². The summed E-state index contributed by atoms with van der Waals surface area (Å²) in [6.45, 7) is 7.84. The molecule has 0 spiro atoms. The second kappa shape index (κ2) is 6.33. The van der Waals surface area contributed by atoms with Crippen LogP contribution in [0.5, 0.6) is 0 Å². The van der Waals surface area contributed by atoms with Crippen LogP contribution in [0.15, 0.2) is 35.4 Å². The number of carbonyl (C=O) groups is 1. The van der Waals surface area contributed by atoms with Gasteiger partial charge in [0.1, 0.15) is 0 Å². The van der Waals surface area contributed by atoms with Crippen molar-refractivity contribution in [1.29, 1.82) is 0 Å². The minimum absolute atomic E-state index is 0.00121. The van der Waals surface area contributed by atoms with Crippen LogP contribution in [-0.2, 0) is 0 Å². The van der Waals surface area contributed by atoms with Gasteiger partial charge in [-0.2, -0.15) is 5.10 Å². The maximum Gasteiger partial charge on any atom is 0.338 e. The SMILES string of the molecule is CC1(C)[C@@H]2CC[C@@]1(C)[C@@H](NC(=O)N1CC(c3ccccc3)C(CC3CC3)=N1)C2. The Balaban J connectivity index is 1.32. The van der Waals surface area contributed by atoms with E-state index in [4.69, 9.17) is 5.10 Å². The molecule has 3 aliphatic carbocycles. The van der Waals surface area contributed by atoms with Crippen molar-refractivity contribution in [2.24, 2.45) is 27.8 Å². The van der Waals surface area contributed by atoms with Gasteiger partial charge in [0, 0.05) is 17.7 Å². The Kier molecular flexibility index (Phi) is 4.12. The standard InChI is InChI=1S/C24H33N3O/c1-23(2)18-11-12-24(23,3)21(14-18)25-22(28)27-15-19(17-7-5-4-6-8-17)20(26-27)13-16-9-10-16/h4-8,16,18-19,21H,9-15H2,1-3H3,(H,25,28)/t18-,19?,21+,24+/m1/s1. The first-order chi connectivity index (χ1) is 13.4. The van der Waals surface area contributed by atoms with E-state index in [9.17, 15) is 4.79 Å². The first kappa shape index (κ1) is 18.2. The summed E-state index contributed by atoms with van der Waals surface area (Å²) < 4.78 is 0. The molecule has 3 saturated carbocycles. The normalized spacial score (nSPS) is 35.9. The molecule has 1 aliphatic heterocycles. The van der Waals surface area contributed by atoms with Crippen LogP contribution in [0.2, 0.25) is 0 Å². The van der Waals surface area contributed by atoms with Crippen molar-refractivity contribution in [3.8, 4) is 0 Å². The minimum atomic E-state index is 0.00121. The van der Waals surface area contributed by atoms with E-state index in [0.717, 1.165) is 24.7 Å². The molecule has 2 bridgehead atoms. The Hall–Kier alpha value is -1.84. The summed E-state index contributed by atoms with van der Waals surface area (Å²) in [5.74, 6) is 1.75. The highest BCUT2D eigenvalue weighted by Crippen LogP contribution is 2.65. The Labute approximate surface area is 168 Å². The van der Waals surface area contributed by atoms with Crippen LogP contribution in [0.4, 0.5) is 4.79 Å². The number of benzene rings is 1. The lowest BCUT2D eigenvalue weighted by atomic mass is 9.69. The summed E-state index contributed by atoms with van der Waals surface area (Å²) in [6, 6.07) is 10.9. The number of nitrogens with zero attached hydrogens (tertiary/aromatic N) is 2. The van der Waals surface area contributed by atoms with Crippen LogP contribution in [-0.4, -0.2) is 29.3 Å². The lowest BCUT2D eigenvalue weighted by Crippen LogP contribution is -2.50. The molecule has 1 aromatic carbocycles. The predicted octanol–water partition coefficient (Wildman–Crippen LogP) is 5.17. The zero-order valence-corrected chi connectivity index (χ0v) is 17.4. The Morgan fingerprint density at radius 1 is 1.18 bits per heavy atom. The average Bonchev–Trinajstić information content (AvgIpc) is 3.30. The Bertz CT molecular complexity index is 797. The van der Waals surface area contributed by atoms with Crippen molar-refractivity contribution in [3.05, 3.63) is 35.9 Å². The van der Waals surface area contributed by atoms with Crippen LogP contribution in [0.1, 0.15) is 70.8 Å². The van der Waals surface area contributed by atoms with Gasteiger partial charge in [0.25, 0.3) is 0 Å². The molecule has 28 heavy (non-hydrogen) atoms. The molecule has 1 aromatic rings. The van der Waals surface area contributed by atoms with Crippen LogP contribution in [0.3, 0.4) is 0 Å². The summed E-state index contributed by atoms with van der Waals surface area (Å²) in [5, 5.41) is 9.94. The third-order valence-corrected chi connectivity index (χ3v) is 8.73. The molecule has 5 rings (SSSR count). The van der Waals surface area contributed by atoms with Crippen LogP contribution < -0.4 is 5.32 Å². The summed E-state index contributed by atoms with van der Waals surface area (Å²) >= 11 is 0. The molecule has 1 unspecified atom stereocenters. The number of nitrogens with one attached hydrogen (secondary N) is 1. The van der Waals surface area contributed by atoms with Gasteiger partial charge in [-0.25, -0.2) is 9.80 Å². The molecule has 0 radical (unpaired) electrons. The van der Waals surface area contributed by atoms with E-state index < -0.39 is 0 Å². The van der Waals surface area contributed by atoms with E-state index in [-0.39, 0.29) is 23.4 Å². The molecule has 1 heterocycles. The maximum absolute atomic E-state index is 13.2. The molecule has 0 aromatic heterocycles. The lowest BCUT2D eigenvalue weighted by molar-refractivity contribution is 0.118. The fraction of sp³-hybridized carbons (Fsp3) is 0.667. The van der Waals surface area contributed by atoms with Gasteiger partial charge in [-0.15, -0.1) is 0 Å². The molecule has 1 N–H and O–H groups in total. The zero-order valence-electron chi connectivity index (χ0n) is 17.4. The quantitative estimate of drug-likeness (QED) is 0.771. The summed E-state index contributed by atoms with van der Waals surface area (Å²) in [5.41, 5.74) is 2.99.